The van der Waals surface area contributed by atoms with Gasteiger partial charge in [-0.2, -0.15) is 0 Å². The molecule has 0 fully saturated rings. The Bertz CT molecular complexity index is 3990. The molecule has 0 atom stereocenters. The molecule has 71 heavy (non-hydrogen) atoms. The van der Waals surface area contributed by atoms with E-state index in [1.807, 2.05) is 0 Å². The fourth-order valence-corrected chi connectivity index (χ4v) is 10.5. The maximum absolute atomic E-state index is 2.37. The van der Waals surface area contributed by atoms with E-state index in [0.717, 1.165) is 17.1 Å². The highest BCUT2D eigenvalue weighted by molar-refractivity contribution is 6.25. The highest BCUT2D eigenvalue weighted by Gasteiger charge is 2.15. The predicted molar refractivity (Wildman–Crippen MR) is 304 cm³/mol. The van der Waals surface area contributed by atoms with E-state index < -0.39 is 0 Å². The van der Waals surface area contributed by atoms with E-state index in [2.05, 4.69) is 290 Å². The van der Waals surface area contributed by atoms with Crippen molar-refractivity contribution in [2.75, 3.05) is 4.90 Å². The van der Waals surface area contributed by atoms with E-state index in [1.165, 1.54) is 110 Å². The molecule has 0 spiro atoms. The largest absolute Gasteiger partial charge is 0.311 e. The smallest absolute Gasteiger partial charge is 0.0462 e. The van der Waals surface area contributed by atoms with Crippen molar-refractivity contribution < 1.29 is 0 Å². The van der Waals surface area contributed by atoms with Crippen LogP contribution in [0.25, 0.3) is 110 Å². The van der Waals surface area contributed by atoms with Crippen molar-refractivity contribution in [1.82, 2.24) is 0 Å². The number of rotatable bonds is 9. The molecule has 0 bridgehead atoms. The van der Waals surface area contributed by atoms with Crippen LogP contribution >= 0.6 is 0 Å². The van der Waals surface area contributed by atoms with Crippen molar-refractivity contribution in [2.45, 2.75) is 0 Å². The number of benzene rings is 13. The van der Waals surface area contributed by atoms with Gasteiger partial charge in [0.15, 0.2) is 0 Å². The molecule has 13 aromatic carbocycles. The van der Waals surface area contributed by atoms with Crippen LogP contribution in [0.1, 0.15) is 0 Å². The van der Waals surface area contributed by atoms with Gasteiger partial charge in [-0.05, 0) is 158 Å². The molecule has 13 rings (SSSR count). The van der Waals surface area contributed by atoms with Gasteiger partial charge in [-0.1, -0.05) is 237 Å². The van der Waals surface area contributed by atoms with E-state index in [4.69, 9.17) is 0 Å². The van der Waals surface area contributed by atoms with Crippen LogP contribution in [0.3, 0.4) is 0 Å². The first kappa shape index (κ1) is 41.9. The molecule has 0 aromatic heterocycles. The average molecular weight is 902 g/mol. The van der Waals surface area contributed by atoms with E-state index in [1.54, 1.807) is 0 Å². The van der Waals surface area contributed by atoms with Gasteiger partial charge in [-0.15, -0.1) is 0 Å². The van der Waals surface area contributed by atoms with Crippen molar-refractivity contribution in [3.8, 4) is 66.8 Å². The van der Waals surface area contributed by atoms with E-state index in [0.29, 0.717) is 0 Å². The minimum Gasteiger partial charge on any atom is -0.311 e. The van der Waals surface area contributed by atoms with Crippen LogP contribution in [0.2, 0.25) is 0 Å². The number of hydrogen-bond donors (Lipinski definition) is 0. The molecule has 0 aliphatic carbocycles. The molecule has 0 N–H and O–H groups in total. The molecule has 0 radical (unpaired) electrons. The number of fused-ring (bicyclic) bond motifs is 7. The Morgan fingerprint density at radius 3 is 0.845 bits per heavy atom. The molecular weight excluding hydrogens is 855 g/mol. The van der Waals surface area contributed by atoms with Crippen LogP contribution in [0.4, 0.5) is 17.1 Å². The quantitative estimate of drug-likeness (QED) is 0.131. The first-order chi connectivity index (χ1) is 35.2. The van der Waals surface area contributed by atoms with Gasteiger partial charge in [0.05, 0.1) is 0 Å². The molecule has 0 heterocycles. The van der Waals surface area contributed by atoms with Crippen LogP contribution in [-0.2, 0) is 0 Å². The normalized spacial score (nSPS) is 11.4. The van der Waals surface area contributed by atoms with Gasteiger partial charge < -0.3 is 4.90 Å². The Labute approximate surface area is 414 Å². The third kappa shape index (κ3) is 8.00. The fourth-order valence-electron chi connectivity index (χ4n) is 10.5. The second-order valence-electron chi connectivity index (χ2n) is 18.5. The monoisotopic (exact) mass is 901 g/mol. The molecule has 0 saturated carbocycles. The lowest BCUT2D eigenvalue weighted by Gasteiger charge is -2.26. The summed E-state index contributed by atoms with van der Waals surface area (Å²) in [5.74, 6) is 0. The Kier molecular flexibility index (Phi) is 10.6. The molecule has 0 unspecified atom stereocenters. The summed E-state index contributed by atoms with van der Waals surface area (Å²) in [6.45, 7) is 0. The van der Waals surface area contributed by atoms with Gasteiger partial charge >= 0.3 is 0 Å². The lowest BCUT2D eigenvalue weighted by atomic mass is 9.92. The third-order valence-corrected chi connectivity index (χ3v) is 14.3. The third-order valence-electron chi connectivity index (χ3n) is 14.3. The first-order valence-corrected chi connectivity index (χ1v) is 24.5. The Morgan fingerprint density at radius 2 is 0.423 bits per heavy atom. The summed E-state index contributed by atoms with van der Waals surface area (Å²) in [4.78, 5) is 2.36. The SMILES string of the molecule is c1ccc(-c2ccc(-c3ccc(N(c4ccc(-c5ccc(-c6ccc7ccccc7c6)cc5)cc4)c4ccc(-c5ccc(-c6ccc7c8ccccc8c8ccccc8c7c6)cc5)cc4)cc3)cc2)cc1. The lowest BCUT2D eigenvalue weighted by molar-refractivity contribution is 1.28. The van der Waals surface area contributed by atoms with Gasteiger partial charge in [0.1, 0.15) is 0 Å². The zero-order valence-electron chi connectivity index (χ0n) is 39.1. The summed E-state index contributed by atoms with van der Waals surface area (Å²) in [7, 11) is 0. The fraction of sp³-hybridized carbons (Fsp3) is 0. The molecule has 0 aliphatic rings. The maximum atomic E-state index is 2.37. The zero-order valence-corrected chi connectivity index (χ0v) is 39.1. The average Bonchev–Trinajstić information content (AvgIpc) is 3.46. The molecule has 1 nitrogen and oxygen atoms in total. The van der Waals surface area contributed by atoms with E-state index in [-0.39, 0.29) is 0 Å². The topological polar surface area (TPSA) is 3.24 Å². The summed E-state index contributed by atoms with van der Waals surface area (Å²) in [5, 5.41) is 10.3. The Balaban J connectivity index is 0.800. The molecule has 0 amide bonds. The van der Waals surface area contributed by atoms with Crippen molar-refractivity contribution in [1.29, 1.82) is 0 Å². The van der Waals surface area contributed by atoms with Gasteiger partial charge in [0.25, 0.3) is 0 Å². The molecule has 0 saturated heterocycles. The lowest BCUT2D eigenvalue weighted by Crippen LogP contribution is -2.09. The molecular formula is C70H47N. The summed E-state index contributed by atoms with van der Waals surface area (Å²) >= 11 is 0. The molecule has 13 aromatic rings. The van der Waals surface area contributed by atoms with Crippen LogP contribution in [0.15, 0.2) is 285 Å². The van der Waals surface area contributed by atoms with Gasteiger partial charge in [-0.25, -0.2) is 0 Å². The number of nitrogens with zero attached hydrogens (tertiary/aromatic N) is 1. The second-order valence-corrected chi connectivity index (χ2v) is 18.5. The minimum atomic E-state index is 1.09. The minimum absolute atomic E-state index is 1.09. The highest BCUT2D eigenvalue weighted by Crippen LogP contribution is 2.40. The first-order valence-electron chi connectivity index (χ1n) is 24.5. The number of hydrogen-bond acceptors (Lipinski definition) is 1. The molecule has 1 heteroatoms. The summed E-state index contributed by atoms with van der Waals surface area (Å²) in [6.07, 6.45) is 0. The van der Waals surface area contributed by atoms with Crippen LogP contribution in [0, 0.1) is 0 Å². The zero-order chi connectivity index (χ0) is 47.1. The summed E-state index contributed by atoms with van der Waals surface area (Å²) in [6, 6.07) is 104. The summed E-state index contributed by atoms with van der Waals surface area (Å²) in [5.41, 5.74) is 17.7. The predicted octanol–water partition coefficient (Wildman–Crippen LogP) is 19.8. The van der Waals surface area contributed by atoms with Crippen LogP contribution in [-0.4, -0.2) is 0 Å². The van der Waals surface area contributed by atoms with Gasteiger partial charge in [0.2, 0.25) is 0 Å². The van der Waals surface area contributed by atoms with Crippen molar-refractivity contribution in [3.05, 3.63) is 285 Å². The molecule has 0 aliphatic heterocycles. The highest BCUT2D eigenvalue weighted by atomic mass is 15.1. The van der Waals surface area contributed by atoms with Crippen molar-refractivity contribution in [2.24, 2.45) is 0 Å². The standard InChI is InChI=1S/C70H47N/c1-2-10-48(11-3-1)50-18-20-51(21-19-50)54-32-39-62(40-33-54)71(63-41-34-55(35-42-63)52-22-26-57(27-23-52)60-31-30-49-12-4-5-13-59(49)46-60)64-43-36-56(37-44-64)53-24-28-58(29-25-53)61-38-45-69-67-16-7-6-14-65(67)66-15-8-9-17-68(66)70(69)47-61/h1-47H. The van der Waals surface area contributed by atoms with Gasteiger partial charge in [-0.3, -0.25) is 0 Å². The van der Waals surface area contributed by atoms with E-state index >= 15 is 0 Å². The second kappa shape index (κ2) is 18.0. The van der Waals surface area contributed by atoms with Gasteiger partial charge in [0, 0.05) is 17.1 Å². The number of anilines is 3. The Hall–Kier alpha value is -9.30. The van der Waals surface area contributed by atoms with E-state index in [9.17, 15) is 0 Å². The maximum Gasteiger partial charge on any atom is 0.0462 e. The van der Waals surface area contributed by atoms with Crippen molar-refractivity contribution >= 4 is 60.2 Å². The summed E-state index contributed by atoms with van der Waals surface area (Å²) < 4.78 is 0. The molecule has 332 valence electrons. The van der Waals surface area contributed by atoms with Crippen molar-refractivity contribution in [3.63, 3.8) is 0 Å². The van der Waals surface area contributed by atoms with Crippen LogP contribution < -0.4 is 4.90 Å². The Morgan fingerprint density at radius 1 is 0.155 bits per heavy atom. The van der Waals surface area contributed by atoms with Crippen LogP contribution in [0.5, 0.6) is 0 Å².